The Morgan fingerprint density at radius 2 is 1.55 bits per heavy atom. The summed E-state index contributed by atoms with van der Waals surface area (Å²) >= 11 is 0.238. The van der Waals surface area contributed by atoms with Gasteiger partial charge in [-0.1, -0.05) is 6.07 Å². The lowest BCUT2D eigenvalue weighted by atomic mass is 10.2. The second-order valence-corrected chi connectivity index (χ2v) is 6.36. The second kappa shape index (κ2) is 7.85. The number of nitrogens with zero attached hydrogens (tertiary/aromatic N) is 1. The van der Waals surface area contributed by atoms with Crippen LogP contribution < -0.4 is 9.47 Å². The number of pyridine rings is 1. The lowest BCUT2D eigenvalue weighted by Gasteiger charge is -2.10. The number of benzene rings is 1. The molecular weight excluding hydrogens is 434 g/mol. The maximum absolute atomic E-state index is 13.9. The van der Waals surface area contributed by atoms with E-state index in [2.05, 4.69) is 4.98 Å². The molecule has 0 amide bonds. The second-order valence-electron chi connectivity index (χ2n) is 5.45. The van der Waals surface area contributed by atoms with Crippen LogP contribution in [0.25, 0.3) is 0 Å². The third-order valence-electron chi connectivity index (χ3n) is 3.39. The van der Waals surface area contributed by atoms with E-state index in [1.807, 2.05) is 0 Å². The molecule has 3 nitrogen and oxygen atoms in total. The molecule has 0 atom stereocenters. The average Bonchev–Trinajstić information content (AvgIpc) is 3.13. The Bertz CT molecular complexity index is 1050. The Labute approximate surface area is 161 Å². The van der Waals surface area contributed by atoms with Gasteiger partial charge in [0.15, 0.2) is 11.6 Å². The van der Waals surface area contributed by atoms with E-state index in [0.29, 0.717) is 6.07 Å². The fourth-order valence-electron chi connectivity index (χ4n) is 2.05. The maximum atomic E-state index is 13.9. The predicted octanol–water partition coefficient (Wildman–Crippen LogP) is 6.23. The summed E-state index contributed by atoms with van der Waals surface area (Å²) in [7, 11) is 0. The standard InChI is InChI=1S/C17H7F8NO2S/c18-9-2-1-7(3-10(9)19)5-27-15-13(21)12(20)14(22)16(26-15)28-8-4-11(29-6-8)17(23,24)25/h1-4,6H,5H2. The van der Waals surface area contributed by atoms with Crippen LogP contribution in [-0.4, -0.2) is 4.98 Å². The molecule has 2 heterocycles. The van der Waals surface area contributed by atoms with E-state index in [1.54, 1.807) is 0 Å². The van der Waals surface area contributed by atoms with E-state index < -0.39 is 64.3 Å². The van der Waals surface area contributed by atoms with Crippen molar-refractivity contribution in [2.45, 2.75) is 12.8 Å². The van der Waals surface area contributed by atoms with Crippen molar-refractivity contribution in [1.82, 2.24) is 4.98 Å². The van der Waals surface area contributed by atoms with Gasteiger partial charge < -0.3 is 9.47 Å². The van der Waals surface area contributed by atoms with Crippen LogP contribution in [0, 0.1) is 29.1 Å². The van der Waals surface area contributed by atoms with Gasteiger partial charge in [0.25, 0.3) is 11.8 Å². The summed E-state index contributed by atoms with van der Waals surface area (Å²) in [5, 5.41) is 0.868. The summed E-state index contributed by atoms with van der Waals surface area (Å²) in [5.41, 5.74) is 0.0185. The van der Waals surface area contributed by atoms with Gasteiger partial charge in [-0.2, -0.15) is 26.9 Å². The van der Waals surface area contributed by atoms with Gasteiger partial charge in [0, 0.05) is 11.4 Å². The van der Waals surface area contributed by atoms with E-state index in [-0.39, 0.29) is 16.9 Å². The van der Waals surface area contributed by atoms with Crippen LogP contribution in [0.3, 0.4) is 0 Å². The molecule has 0 radical (unpaired) electrons. The zero-order chi connectivity index (χ0) is 21.3. The third-order valence-corrected chi connectivity index (χ3v) is 4.35. The largest absolute Gasteiger partial charge is 0.471 e. The molecule has 29 heavy (non-hydrogen) atoms. The van der Waals surface area contributed by atoms with Gasteiger partial charge in [-0.25, -0.2) is 13.2 Å². The molecule has 0 saturated heterocycles. The Morgan fingerprint density at radius 1 is 0.862 bits per heavy atom. The monoisotopic (exact) mass is 441 g/mol. The first-order chi connectivity index (χ1) is 13.6. The molecule has 0 bridgehead atoms. The highest BCUT2D eigenvalue weighted by Crippen LogP contribution is 2.38. The summed E-state index contributed by atoms with van der Waals surface area (Å²) in [6.45, 7) is -0.595. The molecule has 3 rings (SSSR count). The van der Waals surface area contributed by atoms with Crippen molar-refractivity contribution in [3.63, 3.8) is 0 Å². The minimum atomic E-state index is -4.68. The molecule has 3 aromatic rings. The number of ether oxygens (including phenoxy) is 2. The molecule has 0 aliphatic heterocycles. The van der Waals surface area contributed by atoms with Crippen LogP contribution in [0.5, 0.6) is 17.5 Å². The van der Waals surface area contributed by atoms with Crippen LogP contribution >= 0.6 is 11.3 Å². The molecule has 12 heteroatoms. The van der Waals surface area contributed by atoms with Gasteiger partial charge in [-0.05, 0) is 17.7 Å². The molecular formula is C17H7F8NO2S. The molecule has 0 N–H and O–H groups in total. The number of hydrogen-bond donors (Lipinski definition) is 0. The first kappa shape index (κ1) is 20.8. The Hall–Kier alpha value is -2.89. The molecule has 0 aliphatic carbocycles. The minimum Gasteiger partial charge on any atom is -0.471 e. The maximum Gasteiger partial charge on any atom is 0.425 e. The summed E-state index contributed by atoms with van der Waals surface area (Å²) in [6, 6.07) is 3.12. The van der Waals surface area contributed by atoms with Crippen molar-refractivity contribution in [2.24, 2.45) is 0 Å². The van der Waals surface area contributed by atoms with E-state index in [9.17, 15) is 35.1 Å². The van der Waals surface area contributed by atoms with Crippen LogP contribution in [0.15, 0.2) is 29.6 Å². The zero-order valence-electron chi connectivity index (χ0n) is 13.8. The van der Waals surface area contributed by atoms with E-state index in [1.165, 1.54) is 0 Å². The van der Waals surface area contributed by atoms with E-state index >= 15 is 0 Å². The van der Waals surface area contributed by atoms with Crippen molar-refractivity contribution >= 4 is 11.3 Å². The molecule has 0 fully saturated rings. The highest BCUT2D eigenvalue weighted by molar-refractivity contribution is 7.10. The van der Waals surface area contributed by atoms with Gasteiger partial charge in [-0.3, -0.25) is 0 Å². The normalized spacial score (nSPS) is 11.6. The number of aromatic nitrogens is 1. The van der Waals surface area contributed by atoms with Gasteiger partial charge in [-0.15, -0.1) is 11.3 Å². The number of alkyl halides is 3. The molecule has 0 spiro atoms. The van der Waals surface area contributed by atoms with Gasteiger partial charge in [0.2, 0.25) is 17.5 Å². The lowest BCUT2D eigenvalue weighted by Crippen LogP contribution is -2.06. The topological polar surface area (TPSA) is 31.4 Å². The Kier molecular flexibility index (Phi) is 5.64. The van der Waals surface area contributed by atoms with Crippen molar-refractivity contribution in [3.05, 3.63) is 69.2 Å². The molecule has 0 unspecified atom stereocenters. The fraction of sp³-hybridized carbons (Fsp3) is 0.118. The van der Waals surface area contributed by atoms with Crippen molar-refractivity contribution in [2.75, 3.05) is 0 Å². The van der Waals surface area contributed by atoms with Crippen molar-refractivity contribution < 1.29 is 44.6 Å². The quantitative estimate of drug-likeness (QED) is 0.440. The molecule has 2 aromatic heterocycles. The zero-order valence-corrected chi connectivity index (χ0v) is 14.6. The van der Waals surface area contributed by atoms with Gasteiger partial charge in [0.1, 0.15) is 17.2 Å². The predicted molar refractivity (Wildman–Crippen MR) is 84.2 cm³/mol. The number of hydrogen-bond acceptors (Lipinski definition) is 4. The van der Waals surface area contributed by atoms with Crippen LogP contribution in [0.1, 0.15) is 10.4 Å². The smallest absolute Gasteiger partial charge is 0.425 e. The highest BCUT2D eigenvalue weighted by atomic mass is 32.1. The van der Waals surface area contributed by atoms with E-state index in [0.717, 1.165) is 23.6 Å². The van der Waals surface area contributed by atoms with Crippen LogP contribution in [-0.2, 0) is 12.8 Å². The molecule has 0 aliphatic rings. The Morgan fingerprint density at radius 3 is 2.17 bits per heavy atom. The first-order valence-electron chi connectivity index (χ1n) is 7.51. The Balaban J connectivity index is 1.84. The van der Waals surface area contributed by atoms with Crippen molar-refractivity contribution in [3.8, 4) is 17.5 Å². The van der Waals surface area contributed by atoms with Crippen molar-refractivity contribution in [1.29, 1.82) is 0 Å². The van der Waals surface area contributed by atoms with E-state index in [4.69, 9.17) is 9.47 Å². The average molecular weight is 441 g/mol. The van der Waals surface area contributed by atoms with Crippen LogP contribution in [0.2, 0.25) is 0 Å². The number of thiophene rings is 1. The summed E-state index contributed by atoms with van der Waals surface area (Å²) in [4.78, 5) is 2.21. The fourth-order valence-corrected chi connectivity index (χ4v) is 2.73. The van der Waals surface area contributed by atoms with Gasteiger partial charge in [0.05, 0.1) is 0 Å². The number of rotatable bonds is 5. The highest BCUT2D eigenvalue weighted by Gasteiger charge is 2.33. The summed E-state index contributed by atoms with van der Waals surface area (Å²) < 4.78 is 115. The molecule has 1 aromatic carbocycles. The lowest BCUT2D eigenvalue weighted by molar-refractivity contribution is -0.134. The van der Waals surface area contributed by atoms with Crippen LogP contribution in [0.4, 0.5) is 35.1 Å². The van der Waals surface area contributed by atoms with Gasteiger partial charge >= 0.3 is 6.18 Å². The summed E-state index contributed by atoms with van der Waals surface area (Å²) in [5.74, 6) is -10.9. The molecule has 0 saturated carbocycles. The third kappa shape index (κ3) is 4.58. The first-order valence-corrected chi connectivity index (χ1v) is 8.39. The SMILES string of the molecule is Fc1ccc(COc2nc(Oc3csc(C(F)(F)F)c3)c(F)c(F)c2F)cc1F. The number of halogens is 8. The minimum absolute atomic E-state index is 0.0185. The summed E-state index contributed by atoms with van der Waals surface area (Å²) in [6.07, 6.45) is -4.68. The molecule has 154 valence electrons.